The van der Waals surface area contributed by atoms with E-state index in [0.29, 0.717) is 13.0 Å². The number of methoxy groups -OCH3 is 1. The summed E-state index contributed by atoms with van der Waals surface area (Å²) >= 11 is 0. The van der Waals surface area contributed by atoms with Gasteiger partial charge in [0.1, 0.15) is 18.8 Å². The maximum atomic E-state index is 12.4. The van der Waals surface area contributed by atoms with Crippen LogP contribution >= 0.6 is 0 Å². The molecule has 0 amide bonds. The standard InChI is InChI=1S/C22H21NO3/c1-26-22(25)20-12-16-7-2-3-8-17(16)13-23(20)14-19-18-9-5-4-6-15(18)10-11-21(19)24/h2-11,20,24H,12-14H2,1H3/p+1/t20-/m0/s1. The number of fused-ring (bicyclic) bond motifs is 2. The molecule has 0 saturated heterocycles. The van der Waals surface area contributed by atoms with Crippen LogP contribution in [-0.2, 0) is 29.0 Å². The van der Waals surface area contributed by atoms with Crippen molar-refractivity contribution in [3.05, 3.63) is 77.4 Å². The van der Waals surface area contributed by atoms with Gasteiger partial charge in [-0.1, -0.05) is 54.6 Å². The smallest absolute Gasteiger partial charge is 0.365 e. The zero-order chi connectivity index (χ0) is 18.1. The number of hydrogen-bond acceptors (Lipinski definition) is 3. The van der Waals surface area contributed by atoms with Crippen LogP contribution in [0.3, 0.4) is 0 Å². The molecule has 2 atom stereocenters. The van der Waals surface area contributed by atoms with E-state index in [2.05, 4.69) is 12.1 Å². The van der Waals surface area contributed by atoms with Gasteiger partial charge < -0.3 is 14.7 Å². The number of quaternary nitrogens is 1. The highest BCUT2D eigenvalue weighted by molar-refractivity contribution is 5.87. The topological polar surface area (TPSA) is 51.0 Å². The highest BCUT2D eigenvalue weighted by atomic mass is 16.5. The average molecular weight is 348 g/mol. The van der Waals surface area contributed by atoms with Crippen molar-refractivity contribution in [3.63, 3.8) is 0 Å². The summed E-state index contributed by atoms with van der Waals surface area (Å²) in [7, 11) is 1.44. The number of benzene rings is 3. The van der Waals surface area contributed by atoms with Crippen LogP contribution in [0, 0.1) is 0 Å². The van der Waals surface area contributed by atoms with Gasteiger partial charge in [-0.25, -0.2) is 4.79 Å². The number of hydrogen-bond donors (Lipinski definition) is 2. The van der Waals surface area contributed by atoms with Gasteiger partial charge in [-0.15, -0.1) is 0 Å². The second-order valence-corrected chi connectivity index (χ2v) is 6.84. The number of esters is 1. The number of rotatable bonds is 3. The molecule has 1 aliphatic rings. The van der Waals surface area contributed by atoms with Gasteiger partial charge >= 0.3 is 5.97 Å². The fourth-order valence-corrected chi connectivity index (χ4v) is 3.98. The minimum atomic E-state index is -0.270. The highest BCUT2D eigenvalue weighted by Gasteiger charge is 2.36. The molecule has 3 aromatic rings. The third-order valence-corrected chi connectivity index (χ3v) is 5.36. The van der Waals surface area contributed by atoms with E-state index in [1.54, 1.807) is 6.07 Å². The van der Waals surface area contributed by atoms with Crippen LogP contribution in [-0.4, -0.2) is 24.2 Å². The van der Waals surface area contributed by atoms with E-state index in [0.717, 1.165) is 27.8 Å². The molecule has 0 bridgehead atoms. The molecule has 0 radical (unpaired) electrons. The third kappa shape index (κ3) is 2.93. The van der Waals surface area contributed by atoms with Gasteiger partial charge in [0.25, 0.3) is 0 Å². The molecule has 0 saturated carbocycles. The van der Waals surface area contributed by atoms with Crippen molar-refractivity contribution in [2.45, 2.75) is 25.6 Å². The number of carbonyl (C=O) groups excluding carboxylic acids is 1. The minimum absolute atomic E-state index is 0.200. The number of phenols is 1. The molecule has 0 aromatic heterocycles. The summed E-state index contributed by atoms with van der Waals surface area (Å²) in [4.78, 5) is 13.5. The van der Waals surface area contributed by atoms with Crippen LogP contribution < -0.4 is 4.90 Å². The maximum Gasteiger partial charge on any atom is 0.365 e. The molecule has 1 unspecified atom stereocenters. The number of ether oxygens (including phenoxy) is 1. The lowest BCUT2D eigenvalue weighted by atomic mass is 9.93. The van der Waals surface area contributed by atoms with Gasteiger partial charge in [0.15, 0.2) is 6.04 Å². The van der Waals surface area contributed by atoms with Crippen molar-refractivity contribution in [1.29, 1.82) is 0 Å². The SMILES string of the molecule is COC(=O)[C@@H]1Cc2ccccc2C[NH+]1Cc1c(O)ccc2ccccc12. The van der Waals surface area contributed by atoms with Gasteiger partial charge in [-0.05, 0) is 22.4 Å². The predicted molar refractivity (Wildman–Crippen MR) is 99.9 cm³/mol. The zero-order valence-electron chi connectivity index (χ0n) is 14.7. The summed E-state index contributed by atoms with van der Waals surface area (Å²) in [6.45, 7) is 1.31. The lowest BCUT2D eigenvalue weighted by Crippen LogP contribution is -3.15. The number of nitrogens with one attached hydrogen (secondary N) is 1. The molecule has 4 rings (SSSR count). The molecule has 1 heterocycles. The Balaban J connectivity index is 1.74. The normalized spacial score (nSPS) is 19.1. The Morgan fingerprint density at radius 2 is 1.81 bits per heavy atom. The molecule has 1 aliphatic heterocycles. The van der Waals surface area contributed by atoms with E-state index in [1.165, 1.54) is 18.2 Å². The van der Waals surface area contributed by atoms with Gasteiger partial charge in [-0.3, -0.25) is 0 Å². The van der Waals surface area contributed by atoms with Crippen LogP contribution in [0.4, 0.5) is 0 Å². The summed E-state index contributed by atoms with van der Waals surface area (Å²) in [5, 5.41) is 12.6. The van der Waals surface area contributed by atoms with Crippen molar-refractivity contribution in [2.75, 3.05) is 7.11 Å². The zero-order valence-corrected chi connectivity index (χ0v) is 14.7. The van der Waals surface area contributed by atoms with E-state index < -0.39 is 0 Å². The van der Waals surface area contributed by atoms with Crippen molar-refractivity contribution in [2.24, 2.45) is 0 Å². The summed E-state index contributed by atoms with van der Waals surface area (Å²) in [5.41, 5.74) is 3.34. The summed E-state index contributed by atoms with van der Waals surface area (Å²) in [6, 6.07) is 19.7. The summed E-state index contributed by atoms with van der Waals surface area (Å²) in [5.74, 6) is 0.0768. The number of phenolic OH excluding ortho intramolecular Hbond substituents is 1. The van der Waals surface area contributed by atoms with E-state index in [9.17, 15) is 9.90 Å². The fraction of sp³-hybridized carbons (Fsp3) is 0.227. The highest BCUT2D eigenvalue weighted by Crippen LogP contribution is 2.27. The third-order valence-electron chi connectivity index (χ3n) is 5.36. The van der Waals surface area contributed by atoms with E-state index in [4.69, 9.17) is 4.74 Å². The van der Waals surface area contributed by atoms with E-state index in [1.807, 2.05) is 42.5 Å². The molecular formula is C22H22NO3+. The van der Waals surface area contributed by atoms with Crippen molar-refractivity contribution < 1.29 is 19.5 Å². The van der Waals surface area contributed by atoms with Crippen LogP contribution in [0.25, 0.3) is 10.8 Å². The first-order valence-corrected chi connectivity index (χ1v) is 8.86. The first-order chi connectivity index (χ1) is 12.7. The Morgan fingerprint density at radius 3 is 2.62 bits per heavy atom. The second kappa shape index (κ2) is 6.81. The lowest BCUT2D eigenvalue weighted by molar-refractivity contribution is -0.945. The molecule has 0 fully saturated rings. The quantitative estimate of drug-likeness (QED) is 0.714. The summed E-state index contributed by atoms with van der Waals surface area (Å²) < 4.78 is 5.07. The number of carbonyl (C=O) groups is 1. The molecule has 132 valence electrons. The molecule has 4 heteroatoms. The van der Waals surface area contributed by atoms with Crippen LogP contribution in [0.2, 0.25) is 0 Å². The molecule has 3 aromatic carbocycles. The molecule has 0 aliphatic carbocycles. The Labute approximate surface area is 152 Å². The molecule has 0 spiro atoms. The Hall–Kier alpha value is -2.85. The predicted octanol–water partition coefficient (Wildman–Crippen LogP) is 2.23. The Kier molecular flexibility index (Phi) is 4.35. The average Bonchev–Trinajstić information content (AvgIpc) is 2.69. The Bertz CT molecular complexity index is 967. The van der Waals surface area contributed by atoms with E-state index in [-0.39, 0.29) is 17.8 Å². The molecular weight excluding hydrogens is 326 g/mol. The fourth-order valence-electron chi connectivity index (χ4n) is 3.98. The maximum absolute atomic E-state index is 12.4. The minimum Gasteiger partial charge on any atom is -0.507 e. The summed E-state index contributed by atoms with van der Waals surface area (Å²) in [6.07, 6.45) is 0.656. The lowest BCUT2D eigenvalue weighted by Gasteiger charge is -2.32. The van der Waals surface area contributed by atoms with Crippen LogP contribution in [0.15, 0.2) is 60.7 Å². The van der Waals surface area contributed by atoms with Gasteiger partial charge in [0.05, 0.1) is 12.7 Å². The first-order valence-electron chi connectivity index (χ1n) is 8.86. The second-order valence-electron chi connectivity index (χ2n) is 6.84. The Morgan fingerprint density at radius 1 is 1.08 bits per heavy atom. The van der Waals surface area contributed by atoms with E-state index >= 15 is 0 Å². The first kappa shape index (κ1) is 16.6. The molecule has 2 N–H and O–H groups in total. The monoisotopic (exact) mass is 348 g/mol. The largest absolute Gasteiger partial charge is 0.507 e. The molecule has 4 nitrogen and oxygen atoms in total. The van der Waals surface area contributed by atoms with Crippen LogP contribution in [0.5, 0.6) is 5.75 Å². The van der Waals surface area contributed by atoms with Crippen LogP contribution in [0.1, 0.15) is 16.7 Å². The van der Waals surface area contributed by atoms with Crippen molar-refractivity contribution >= 4 is 16.7 Å². The molecule has 26 heavy (non-hydrogen) atoms. The van der Waals surface area contributed by atoms with Gasteiger partial charge in [-0.2, -0.15) is 0 Å². The van der Waals surface area contributed by atoms with Crippen molar-refractivity contribution in [3.8, 4) is 5.75 Å². The van der Waals surface area contributed by atoms with Gasteiger partial charge in [0.2, 0.25) is 0 Å². The number of aromatic hydroxyl groups is 1. The van der Waals surface area contributed by atoms with Gasteiger partial charge in [0, 0.05) is 12.0 Å². The van der Waals surface area contributed by atoms with Crippen molar-refractivity contribution in [1.82, 2.24) is 0 Å².